The molecule has 0 unspecified atom stereocenters. The maximum atomic E-state index is 11.7. The van der Waals surface area contributed by atoms with Crippen LogP contribution in [0.2, 0.25) is 0 Å². The molecule has 0 heterocycles. The molecule has 89 valence electrons. The second kappa shape index (κ2) is 5.79. The Balaban J connectivity index is 2.75. The van der Waals surface area contributed by atoms with Crippen molar-refractivity contribution in [1.82, 2.24) is 5.32 Å². The van der Waals surface area contributed by atoms with Gasteiger partial charge in [0.2, 0.25) is 0 Å². The number of benzene rings is 1. The summed E-state index contributed by atoms with van der Waals surface area (Å²) in [5.41, 5.74) is 0.422. The molecule has 0 saturated heterocycles. The number of carboxylic acids is 1. The number of amides is 1. The highest BCUT2D eigenvalue weighted by molar-refractivity contribution is 6.07. The van der Waals surface area contributed by atoms with Crippen LogP contribution >= 0.6 is 0 Å². The van der Waals surface area contributed by atoms with Gasteiger partial charge in [-0.05, 0) is 19.1 Å². The minimum Gasteiger partial charge on any atom is -0.481 e. The first-order valence-corrected chi connectivity index (χ1v) is 5.04. The summed E-state index contributed by atoms with van der Waals surface area (Å²) in [6, 6.07) is 7.34. The third kappa shape index (κ3) is 3.71. The van der Waals surface area contributed by atoms with Crippen LogP contribution in [0, 0.1) is 6.07 Å². The minimum absolute atomic E-state index is 0.0282. The van der Waals surface area contributed by atoms with Gasteiger partial charge in [-0.1, -0.05) is 12.1 Å². The van der Waals surface area contributed by atoms with Crippen molar-refractivity contribution in [2.75, 3.05) is 6.54 Å². The van der Waals surface area contributed by atoms with Crippen molar-refractivity contribution in [2.45, 2.75) is 13.3 Å². The SMILES string of the molecule is CC(=O)c1[c]cccc1C(=O)NCCC(=O)O. The van der Waals surface area contributed by atoms with Gasteiger partial charge >= 0.3 is 5.97 Å². The number of ketones is 1. The molecule has 1 aromatic rings. The number of Topliss-reactive ketones (excluding diaryl/α,β-unsaturated/α-hetero) is 1. The summed E-state index contributed by atoms with van der Waals surface area (Å²) in [5.74, 6) is -1.71. The minimum atomic E-state index is -0.989. The van der Waals surface area contributed by atoms with Crippen molar-refractivity contribution in [2.24, 2.45) is 0 Å². The number of hydrogen-bond donors (Lipinski definition) is 2. The third-order valence-electron chi connectivity index (χ3n) is 2.08. The molecule has 2 N–H and O–H groups in total. The normalized spacial score (nSPS) is 9.71. The van der Waals surface area contributed by atoms with E-state index in [2.05, 4.69) is 11.4 Å². The molecule has 1 aromatic carbocycles. The van der Waals surface area contributed by atoms with Gasteiger partial charge in [0.1, 0.15) is 0 Å². The summed E-state index contributed by atoms with van der Waals surface area (Å²) in [6.07, 6.45) is -0.155. The van der Waals surface area contributed by atoms with Gasteiger partial charge in [0.25, 0.3) is 5.91 Å². The van der Waals surface area contributed by atoms with Gasteiger partial charge in [-0.25, -0.2) is 0 Å². The van der Waals surface area contributed by atoms with E-state index in [9.17, 15) is 14.4 Å². The first kappa shape index (κ1) is 12.9. The van der Waals surface area contributed by atoms with E-state index in [0.29, 0.717) is 0 Å². The Labute approximate surface area is 98.4 Å². The Morgan fingerprint density at radius 2 is 2.12 bits per heavy atom. The lowest BCUT2D eigenvalue weighted by Crippen LogP contribution is -2.27. The molecule has 5 nitrogen and oxygen atoms in total. The number of carbonyl (C=O) groups excluding carboxylic acids is 2. The monoisotopic (exact) mass is 234 g/mol. The molecule has 0 aliphatic rings. The van der Waals surface area contributed by atoms with Crippen molar-refractivity contribution >= 4 is 17.7 Å². The Morgan fingerprint density at radius 3 is 2.71 bits per heavy atom. The lowest BCUT2D eigenvalue weighted by atomic mass is 10.0. The van der Waals surface area contributed by atoms with Crippen LogP contribution in [0.15, 0.2) is 18.2 Å². The predicted octanol–water partition coefficient (Wildman–Crippen LogP) is 0.894. The second-order valence-corrected chi connectivity index (χ2v) is 3.41. The van der Waals surface area contributed by atoms with Gasteiger partial charge < -0.3 is 10.4 Å². The molecule has 0 bridgehead atoms. The van der Waals surface area contributed by atoms with Crippen molar-refractivity contribution in [3.8, 4) is 0 Å². The van der Waals surface area contributed by atoms with Crippen molar-refractivity contribution in [1.29, 1.82) is 0 Å². The van der Waals surface area contributed by atoms with E-state index in [-0.39, 0.29) is 29.9 Å². The Kier molecular flexibility index (Phi) is 4.39. The molecule has 0 saturated carbocycles. The molecular weight excluding hydrogens is 222 g/mol. The molecular formula is C12H12NO4. The number of carbonyl (C=O) groups is 3. The third-order valence-corrected chi connectivity index (χ3v) is 2.08. The smallest absolute Gasteiger partial charge is 0.305 e. The van der Waals surface area contributed by atoms with Gasteiger partial charge in [-0.15, -0.1) is 0 Å². The lowest BCUT2D eigenvalue weighted by molar-refractivity contribution is -0.136. The summed E-state index contributed by atoms with van der Waals surface area (Å²) < 4.78 is 0. The summed E-state index contributed by atoms with van der Waals surface area (Å²) >= 11 is 0. The zero-order valence-electron chi connectivity index (χ0n) is 9.32. The Morgan fingerprint density at radius 1 is 1.41 bits per heavy atom. The molecule has 1 rings (SSSR count). The number of carboxylic acid groups (broad SMARTS) is 1. The zero-order valence-corrected chi connectivity index (χ0v) is 9.32. The van der Waals surface area contributed by atoms with Crippen LogP contribution in [0.4, 0.5) is 0 Å². The first-order chi connectivity index (χ1) is 8.02. The molecule has 1 radical (unpaired) electrons. The fraction of sp³-hybridized carbons (Fsp3) is 0.250. The van der Waals surface area contributed by atoms with Crippen molar-refractivity contribution in [3.63, 3.8) is 0 Å². The molecule has 5 heteroatoms. The van der Waals surface area contributed by atoms with Crippen LogP contribution in [-0.2, 0) is 4.79 Å². The van der Waals surface area contributed by atoms with E-state index in [4.69, 9.17) is 5.11 Å². The maximum Gasteiger partial charge on any atom is 0.305 e. The lowest BCUT2D eigenvalue weighted by Gasteiger charge is -2.06. The average molecular weight is 234 g/mol. The van der Waals surface area contributed by atoms with Crippen LogP contribution in [0.3, 0.4) is 0 Å². The number of hydrogen-bond acceptors (Lipinski definition) is 3. The van der Waals surface area contributed by atoms with Crippen LogP contribution in [0.25, 0.3) is 0 Å². The van der Waals surface area contributed by atoms with Gasteiger partial charge in [0.05, 0.1) is 12.0 Å². The molecule has 0 atom stereocenters. The molecule has 0 aromatic heterocycles. The van der Waals surface area contributed by atoms with Crippen LogP contribution in [0.1, 0.15) is 34.1 Å². The topological polar surface area (TPSA) is 83.5 Å². The first-order valence-electron chi connectivity index (χ1n) is 5.04. The molecule has 0 aliphatic carbocycles. The maximum absolute atomic E-state index is 11.7. The summed E-state index contributed by atoms with van der Waals surface area (Å²) in [6.45, 7) is 1.38. The Hall–Kier alpha value is -2.17. The fourth-order valence-corrected chi connectivity index (χ4v) is 1.30. The highest BCUT2D eigenvalue weighted by Crippen LogP contribution is 2.08. The quantitative estimate of drug-likeness (QED) is 0.741. The fourth-order valence-electron chi connectivity index (χ4n) is 1.30. The molecule has 1 amide bonds. The van der Waals surface area contributed by atoms with Crippen molar-refractivity contribution in [3.05, 3.63) is 35.4 Å². The largest absolute Gasteiger partial charge is 0.481 e. The highest BCUT2D eigenvalue weighted by Gasteiger charge is 2.13. The molecule has 17 heavy (non-hydrogen) atoms. The highest BCUT2D eigenvalue weighted by atomic mass is 16.4. The van der Waals surface area contributed by atoms with E-state index >= 15 is 0 Å². The standard InChI is InChI=1S/C12H12NO4/c1-8(14)9-4-2-3-5-10(9)12(17)13-7-6-11(15)16/h2-3,5H,6-7H2,1H3,(H,13,17)(H,15,16). The van der Waals surface area contributed by atoms with E-state index in [1.54, 1.807) is 12.1 Å². The summed E-state index contributed by atoms with van der Waals surface area (Å²) in [4.78, 5) is 33.2. The van der Waals surface area contributed by atoms with E-state index in [1.165, 1.54) is 13.0 Å². The van der Waals surface area contributed by atoms with Crippen LogP contribution < -0.4 is 5.32 Å². The second-order valence-electron chi connectivity index (χ2n) is 3.41. The van der Waals surface area contributed by atoms with Crippen LogP contribution in [-0.4, -0.2) is 29.3 Å². The van der Waals surface area contributed by atoms with Gasteiger partial charge in [0, 0.05) is 12.1 Å². The van der Waals surface area contributed by atoms with Gasteiger partial charge in [0.15, 0.2) is 5.78 Å². The van der Waals surface area contributed by atoms with Gasteiger partial charge in [-0.3, -0.25) is 14.4 Å². The molecule has 0 aliphatic heterocycles. The number of rotatable bonds is 5. The molecule has 0 fully saturated rings. The van der Waals surface area contributed by atoms with E-state index < -0.39 is 11.9 Å². The number of nitrogens with one attached hydrogen (secondary N) is 1. The van der Waals surface area contributed by atoms with Crippen molar-refractivity contribution < 1.29 is 19.5 Å². The van der Waals surface area contributed by atoms with E-state index in [0.717, 1.165) is 0 Å². The Bertz CT molecular complexity index is 454. The summed E-state index contributed by atoms with van der Waals surface area (Å²) in [7, 11) is 0. The summed E-state index contributed by atoms with van der Waals surface area (Å²) in [5, 5.41) is 10.9. The zero-order chi connectivity index (χ0) is 12.8. The predicted molar refractivity (Wildman–Crippen MR) is 59.9 cm³/mol. The van der Waals surface area contributed by atoms with Gasteiger partial charge in [-0.2, -0.15) is 0 Å². The average Bonchev–Trinajstić information content (AvgIpc) is 2.28. The number of aliphatic carboxylic acids is 1. The van der Waals surface area contributed by atoms with E-state index in [1.807, 2.05) is 0 Å². The van der Waals surface area contributed by atoms with Crippen LogP contribution in [0.5, 0.6) is 0 Å². The molecule has 0 spiro atoms.